The molecule has 2 N–H and O–H groups in total. The maximum absolute atomic E-state index is 6.21. The van der Waals surface area contributed by atoms with Gasteiger partial charge in [0, 0.05) is 12.2 Å². The van der Waals surface area contributed by atoms with Crippen LogP contribution in [0.1, 0.15) is 35.7 Å². The standard InChI is InChI=1S/C14H19N3OS/c1-4-11(15)13(12-7-5-6-8-16-12)19-14-17-9(2)10(3)18-14/h5-8,11,13H,4,15H2,1-3H3. The highest BCUT2D eigenvalue weighted by molar-refractivity contribution is 7.99. The Morgan fingerprint density at radius 1 is 1.37 bits per heavy atom. The molecule has 5 heteroatoms. The number of rotatable bonds is 5. The van der Waals surface area contributed by atoms with Crippen LogP contribution in [0, 0.1) is 13.8 Å². The van der Waals surface area contributed by atoms with E-state index in [9.17, 15) is 0 Å². The number of pyridine rings is 1. The van der Waals surface area contributed by atoms with E-state index < -0.39 is 0 Å². The maximum Gasteiger partial charge on any atom is 0.256 e. The molecule has 2 atom stereocenters. The normalized spacial score (nSPS) is 14.3. The van der Waals surface area contributed by atoms with Crippen molar-refractivity contribution >= 4 is 11.8 Å². The largest absolute Gasteiger partial charge is 0.437 e. The summed E-state index contributed by atoms with van der Waals surface area (Å²) in [6.07, 6.45) is 2.67. The Labute approximate surface area is 117 Å². The molecule has 0 saturated carbocycles. The topological polar surface area (TPSA) is 64.9 Å². The van der Waals surface area contributed by atoms with Crippen LogP contribution in [0.25, 0.3) is 0 Å². The van der Waals surface area contributed by atoms with Gasteiger partial charge >= 0.3 is 0 Å². The number of aromatic nitrogens is 2. The molecule has 19 heavy (non-hydrogen) atoms. The maximum atomic E-state index is 6.21. The highest BCUT2D eigenvalue weighted by Crippen LogP contribution is 2.37. The Balaban J connectivity index is 2.24. The molecule has 2 aromatic rings. The van der Waals surface area contributed by atoms with Crippen molar-refractivity contribution in [1.82, 2.24) is 9.97 Å². The molecule has 102 valence electrons. The van der Waals surface area contributed by atoms with Gasteiger partial charge < -0.3 is 10.2 Å². The summed E-state index contributed by atoms with van der Waals surface area (Å²) in [6.45, 7) is 5.94. The van der Waals surface area contributed by atoms with Crippen LogP contribution in [0.5, 0.6) is 0 Å². The van der Waals surface area contributed by atoms with E-state index >= 15 is 0 Å². The number of hydrogen-bond acceptors (Lipinski definition) is 5. The van der Waals surface area contributed by atoms with Crippen LogP contribution in [0.2, 0.25) is 0 Å². The van der Waals surface area contributed by atoms with Gasteiger partial charge in [-0.15, -0.1) is 0 Å². The highest BCUT2D eigenvalue weighted by atomic mass is 32.2. The van der Waals surface area contributed by atoms with E-state index in [-0.39, 0.29) is 11.3 Å². The number of hydrogen-bond donors (Lipinski definition) is 1. The van der Waals surface area contributed by atoms with Crippen LogP contribution < -0.4 is 5.73 Å². The minimum atomic E-state index is 0.0208. The fourth-order valence-electron chi connectivity index (χ4n) is 1.73. The molecule has 0 bridgehead atoms. The van der Waals surface area contributed by atoms with Crippen molar-refractivity contribution in [2.24, 2.45) is 5.73 Å². The zero-order valence-corrected chi connectivity index (χ0v) is 12.3. The summed E-state index contributed by atoms with van der Waals surface area (Å²) in [5, 5.41) is 0.721. The van der Waals surface area contributed by atoms with Crippen molar-refractivity contribution in [3.63, 3.8) is 0 Å². The van der Waals surface area contributed by atoms with Crippen LogP contribution in [0.15, 0.2) is 34.0 Å². The summed E-state index contributed by atoms with van der Waals surface area (Å²) >= 11 is 1.54. The third kappa shape index (κ3) is 3.36. The van der Waals surface area contributed by atoms with Crippen LogP contribution in [0.3, 0.4) is 0 Å². The average molecular weight is 277 g/mol. The fraction of sp³-hybridized carbons (Fsp3) is 0.429. The van der Waals surface area contributed by atoms with E-state index in [0.717, 1.165) is 23.6 Å². The Morgan fingerprint density at radius 2 is 2.16 bits per heavy atom. The zero-order valence-electron chi connectivity index (χ0n) is 11.5. The molecule has 4 nitrogen and oxygen atoms in total. The first-order valence-electron chi connectivity index (χ1n) is 6.39. The molecule has 0 aliphatic carbocycles. The summed E-state index contributed by atoms with van der Waals surface area (Å²) in [6, 6.07) is 5.90. The van der Waals surface area contributed by atoms with Gasteiger partial charge in [0.15, 0.2) is 0 Å². The molecule has 0 radical (unpaired) electrons. The lowest BCUT2D eigenvalue weighted by atomic mass is 10.1. The lowest BCUT2D eigenvalue weighted by Gasteiger charge is -2.20. The summed E-state index contributed by atoms with van der Waals surface area (Å²) < 4.78 is 5.63. The van der Waals surface area contributed by atoms with Gasteiger partial charge in [0.25, 0.3) is 5.22 Å². The van der Waals surface area contributed by atoms with Crippen molar-refractivity contribution in [3.8, 4) is 0 Å². The molecule has 0 aliphatic heterocycles. The molecular weight excluding hydrogens is 258 g/mol. The summed E-state index contributed by atoms with van der Waals surface area (Å²) in [5.74, 6) is 0.854. The van der Waals surface area contributed by atoms with Gasteiger partial charge in [0.1, 0.15) is 5.76 Å². The van der Waals surface area contributed by atoms with E-state index in [0.29, 0.717) is 5.22 Å². The number of nitrogens with zero attached hydrogens (tertiary/aromatic N) is 2. The quantitative estimate of drug-likeness (QED) is 0.850. The number of nitrogens with two attached hydrogens (primary N) is 1. The Morgan fingerprint density at radius 3 is 2.68 bits per heavy atom. The van der Waals surface area contributed by atoms with Crippen molar-refractivity contribution < 1.29 is 4.42 Å². The molecule has 2 rings (SSSR count). The molecule has 0 aromatic carbocycles. The molecule has 0 saturated heterocycles. The van der Waals surface area contributed by atoms with Gasteiger partial charge in [-0.3, -0.25) is 4.98 Å². The molecular formula is C14H19N3OS. The van der Waals surface area contributed by atoms with Gasteiger partial charge in [-0.05, 0) is 32.4 Å². The first-order valence-corrected chi connectivity index (χ1v) is 7.27. The lowest BCUT2D eigenvalue weighted by Crippen LogP contribution is -2.26. The minimum absolute atomic E-state index is 0.0208. The van der Waals surface area contributed by atoms with Crippen LogP contribution >= 0.6 is 11.8 Å². The molecule has 0 amide bonds. The highest BCUT2D eigenvalue weighted by Gasteiger charge is 2.23. The molecule has 0 aliphatic rings. The molecule has 0 fully saturated rings. The second-order valence-electron chi connectivity index (χ2n) is 4.49. The number of oxazole rings is 1. The SMILES string of the molecule is CCC(N)C(Sc1nc(C)c(C)o1)c1ccccn1. The lowest BCUT2D eigenvalue weighted by molar-refractivity contribution is 0.428. The third-order valence-corrected chi connectivity index (χ3v) is 4.30. The van der Waals surface area contributed by atoms with Crippen LogP contribution in [0.4, 0.5) is 0 Å². The second kappa shape index (κ2) is 6.21. The van der Waals surface area contributed by atoms with Gasteiger partial charge in [-0.25, -0.2) is 4.98 Å². The van der Waals surface area contributed by atoms with Gasteiger partial charge in [0.05, 0.1) is 16.6 Å². The minimum Gasteiger partial charge on any atom is -0.437 e. The molecule has 2 unspecified atom stereocenters. The first kappa shape index (κ1) is 14.1. The summed E-state index contributed by atoms with van der Waals surface area (Å²) in [5.41, 5.74) is 8.10. The van der Waals surface area contributed by atoms with Gasteiger partial charge in [-0.1, -0.05) is 24.8 Å². The second-order valence-corrected chi connectivity index (χ2v) is 5.58. The van der Waals surface area contributed by atoms with Gasteiger partial charge in [0.2, 0.25) is 0 Å². The van der Waals surface area contributed by atoms with Crippen molar-refractivity contribution in [2.75, 3.05) is 0 Å². The summed E-state index contributed by atoms with van der Waals surface area (Å²) in [4.78, 5) is 8.81. The monoisotopic (exact) mass is 277 g/mol. The predicted molar refractivity (Wildman–Crippen MR) is 77.1 cm³/mol. The molecule has 2 aromatic heterocycles. The van der Waals surface area contributed by atoms with Crippen molar-refractivity contribution in [1.29, 1.82) is 0 Å². The van der Waals surface area contributed by atoms with E-state index in [4.69, 9.17) is 10.2 Å². The van der Waals surface area contributed by atoms with E-state index in [2.05, 4.69) is 16.9 Å². The van der Waals surface area contributed by atoms with Crippen LogP contribution in [-0.2, 0) is 0 Å². The molecule has 0 spiro atoms. The smallest absolute Gasteiger partial charge is 0.256 e. The van der Waals surface area contributed by atoms with Gasteiger partial charge in [-0.2, -0.15) is 0 Å². The van der Waals surface area contributed by atoms with E-state index in [1.54, 1.807) is 18.0 Å². The summed E-state index contributed by atoms with van der Waals surface area (Å²) in [7, 11) is 0. The fourth-order valence-corrected chi connectivity index (χ4v) is 2.94. The Hall–Kier alpha value is -1.33. The average Bonchev–Trinajstić information content (AvgIpc) is 2.75. The molecule has 2 heterocycles. The van der Waals surface area contributed by atoms with Crippen molar-refractivity contribution in [2.45, 2.75) is 43.7 Å². The van der Waals surface area contributed by atoms with Crippen molar-refractivity contribution in [3.05, 3.63) is 41.5 Å². The van der Waals surface area contributed by atoms with E-state index in [1.807, 2.05) is 32.0 Å². The number of thioether (sulfide) groups is 1. The predicted octanol–water partition coefficient (Wildman–Crippen LogP) is 3.26. The zero-order chi connectivity index (χ0) is 13.8. The third-order valence-electron chi connectivity index (χ3n) is 3.08. The Bertz CT molecular complexity index is 507. The van der Waals surface area contributed by atoms with Crippen LogP contribution in [-0.4, -0.2) is 16.0 Å². The first-order chi connectivity index (χ1) is 9.11. The van der Waals surface area contributed by atoms with E-state index in [1.165, 1.54) is 0 Å². The number of aryl methyl sites for hydroxylation is 2. The Kier molecular flexibility index (Phi) is 4.61.